The lowest BCUT2D eigenvalue weighted by molar-refractivity contribution is 0.614. The molecular weight excluding hydrogens is 482 g/mol. The van der Waals surface area contributed by atoms with E-state index in [-0.39, 0.29) is 5.43 Å². The van der Waals surface area contributed by atoms with E-state index in [1.54, 1.807) is 12.3 Å². The first-order valence-electron chi connectivity index (χ1n) is 8.06. The van der Waals surface area contributed by atoms with Gasteiger partial charge in [0.1, 0.15) is 17.7 Å². The van der Waals surface area contributed by atoms with E-state index in [1.807, 2.05) is 23.6 Å². The molecule has 0 unspecified atom stereocenters. The summed E-state index contributed by atoms with van der Waals surface area (Å²) in [6, 6.07) is 7.54. The SMILES string of the molecule is O=c1cc(NCCCNc2coc3c(Br)cc(Br)cc23)[nH]c2ccsc12. The highest BCUT2D eigenvalue weighted by Gasteiger charge is 2.10. The molecule has 26 heavy (non-hydrogen) atoms. The van der Waals surface area contributed by atoms with Gasteiger partial charge in [-0.3, -0.25) is 4.79 Å². The molecule has 0 spiro atoms. The van der Waals surface area contributed by atoms with Crippen molar-refractivity contribution in [2.45, 2.75) is 6.42 Å². The fourth-order valence-corrected chi connectivity index (χ4v) is 4.88. The first kappa shape index (κ1) is 17.6. The number of H-pyrrole nitrogens is 1. The van der Waals surface area contributed by atoms with Crippen LogP contribution in [0, 0.1) is 0 Å². The maximum absolute atomic E-state index is 12.0. The summed E-state index contributed by atoms with van der Waals surface area (Å²) >= 11 is 8.47. The zero-order valence-electron chi connectivity index (χ0n) is 13.6. The molecule has 3 N–H and O–H groups in total. The lowest BCUT2D eigenvalue weighted by Crippen LogP contribution is -2.11. The van der Waals surface area contributed by atoms with Gasteiger partial charge in [-0.2, -0.15) is 0 Å². The van der Waals surface area contributed by atoms with Gasteiger partial charge in [0, 0.05) is 29.0 Å². The number of aromatic amines is 1. The summed E-state index contributed by atoms with van der Waals surface area (Å²) in [4.78, 5) is 15.2. The Balaban J connectivity index is 1.35. The molecule has 4 rings (SSSR count). The van der Waals surface area contributed by atoms with Crippen LogP contribution < -0.4 is 16.1 Å². The molecule has 0 fully saturated rings. The van der Waals surface area contributed by atoms with Crippen LogP contribution in [0.2, 0.25) is 0 Å². The molecule has 3 aromatic heterocycles. The quantitative estimate of drug-likeness (QED) is 0.296. The molecule has 0 bridgehead atoms. The summed E-state index contributed by atoms with van der Waals surface area (Å²) in [6.45, 7) is 1.54. The average Bonchev–Trinajstić information content (AvgIpc) is 3.22. The van der Waals surface area contributed by atoms with E-state index in [4.69, 9.17) is 4.42 Å². The van der Waals surface area contributed by atoms with Gasteiger partial charge in [-0.15, -0.1) is 11.3 Å². The van der Waals surface area contributed by atoms with E-state index < -0.39 is 0 Å². The molecule has 8 heteroatoms. The minimum absolute atomic E-state index is 0.0513. The smallest absolute Gasteiger partial charge is 0.201 e. The van der Waals surface area contributed by atoms with Gasteiger partial charge in [0.15, 0.2) is 0 Å². The van der Waals surface area contributed by atoms with Crippen molar-refractivity contribution in [1.29, 1.82) is 0 Å². The van der Waals surface area contributed by atoms with E-state index in [2.05, 4.69) is 47.5 Å². The standard InChI is InChI=1S/C18H15Br2N3O2S/c19-10-6-11-14(9-25-17(11)12(20)7-10)21-3-1-4-22-16-8-15(24)18-13(23-16)2-5-26-18/h2,5-9,21H,1,3-4H2,(H2,22,23,24). The molecule has 0 saturated carbocycles. The van der Waals surface area contributed by atoms with E-state index in [0.717, 1.165) is 61.1 Å². The lowest BCUT2D eigenvalue weighted by atomic mass is 10.2. The number of furan rings is 1. The third-order valence-electron chi connectivity index (χ3n) is 4.01. The minimum atomic E-state index is 0.0513. The van der Waals surface area contributed by atoms with Crippen molar-refractivity contribution in [3.05, 3.63) is 55.1 Å². The summed E-state index contributed by atoms with van der Waals surface area (Å²) in [5.74, 6) is 0.752. The Morgan fingerprint density at radius 2 is 2.00 bits per heavy atom. The van der Waals surface area contributed by atoms with Gasteiger partial charge in [0.25, 0.3) is 0 Å². The predicted molar refractivity (Wildman–Crippen MR) is 116 cm³/mol. The van der Waals surface area contributed by atoms with Gasteiger partial charge in [-0.25, -0.2) is 0 Å². The van der Waals surface area contributed by atoms with Crippen molar-refractivity contribution >= 4 is 75.9 Å². The lowest BCUT2D eigenvalue weighted by Gasteiger charge is -2.08. The van der Waals surface area contributed by atoms with E-state index in [1.165, 1.54) is 11.3 Å². The number of rotatable bonds is 6. The second-order valence-corrected chi connectivity index (χ2v) is 8.52. The molecule has 0 atom stereocenters. The molecule has 0 saturated heterocycles. The molecule has 0 aliphatic rings. The van der Waals surface area contributed by atoms with Gasteiger partial charge in [-0.1, -0.05) is 15.9 Å². The number of hydrogen-bond donors (Lipinski definition) is 3. The number of nitrogens with one attached hydrogen (secondary N) is 3. The van der Waals surface area contributed by atoms with Crippen molar-refractivity contribution in [3.8, 4) is 0 Å². The summed E-state index contributed by atoms with van der Waals surface area (Å²) in [7, 11) is 0. The molecule has 3 heterocycles. The number of pyridine rings is 1. The fourth-order valence-electron chi connectivity index (χ4n) is 2.80. The number of fused-ring (bicyclic) bond motifs is 2. The van der Waals surface area contributed by atoms with E-state index in [9.17, 15) is 4.79 Å². The second-order valence-electron chi connectivity index (χ2n) is 5.83. The van der Waals surface area contributed by atoms with Crippen molar-refractivity contribution in [2.75, 3.05) is 23.7 Å². The zero-order chi connectivity index (χ0) is 18.1. The van der Waals surface area contributed by atoms with E-state index >= 15 is 0 Å². The maximum atomic E-state index is 12.0. The molecule has 5 nitrogen and oxygen atoms in total. The van der Waals surface area contributed by atoms with Crippen LogP contribution >= 0.6 is 43.2 Å². The van der Waals surface area contributed by atoms with Gasteiger partial charge in [-0.05, 0) is 45.9 Å². The molecule has 0 radical (unpaired) electrons. The summed E-state index contributed by atoms with van der Waals surface area (Å²) in [6.07, 6.45) is 2.63. The largest absolute Gasteiger partial charge is 0.461 e. The van der Waals surface area contributed by atoms with Crippen LogP contribution in [0.5, 0.6) is 0 Å². The average molecular weight is 497 g/mol. The van der Waals surface area contributed by atoms with Crippen molar-refractivity contribution in [1.82, 2.24) is 4.98 Å². The van der Waals surface area contributed by atoms with Gasteiger partial charge in [0.2, 0.25) is 5.43 Å². The number of halogens is 2. The minimum Gasteiger partial charge on any atom is -0.461 e. The van der Waals surface area contributed by atoms with Crippen LogP contribution in [-0.2, 0) is 0 Å². The Morgan fingerprint density at radius 1 is 1.15 bits per heavy atom. The van der Waals surface area contributed by atoms with Gasteiger partial charge in [0.05, 0.1) is 20.4 Å². The van der Waals surface area contributed by atoms with Crippen molar-refractivity contribution < 1.29 is 4.42 Å². The summed E-state index contributed by atoms with van der Waals surface area (Å²) < 4.78 is 8.30. The first-order chi connectivity index (χ1) is 12.6. The Hall–Kier alpha value is -1.77. The Kier molecular flexibility index (Phi) is 5.06. The maximum Gasteiger partial charge on any atom is 0.201 e. The summed E-state index contributed by atoms with van der Waals surface area (Å²) in [5.41, 5.74) is 2.73. The highest BCUT2D eigenvalue weighted by atomic mass is 79.9. The number of anilines is 2. The summed E-state index contributed by atoms with van der Waals surface area (Å²) in [5, 5.41) is 9.63. The third-order valence-corrected chi connectivity index (χ3v) is 5.99. The van der Waals surface area contributed by atoms with Crippen LogP contribution in [0.1, 0.15) is 6.42 Å². The Labute approximate surface area is 170 Å². The van der Waals surface area contributed by atoms with Crippen LogP contribution in [0.4, 0.5) is 11.5 Å². The third kappa shape index (κ3) is 3.54. The number of aromatic nitrogens is 1. The van der Waals surface area contributed by atoms with Crippen molar-refractivity contribution in [3.63, 3.8) is 0 Å². The molecule has 134 valence electrons. The molecule has 1 aromatic carbocycles. The second kappa shape index (κ2) is 7.46. The van der Waals surface area contributed by atoms with Crippen LogP contribution in [-0.4, -0.2) is 18.1 Å². The number of thiophene rings is 1. The highest BCUT2D eigenvalue weighted by molar-refractivity contribution is 9.11. The molecular formula is C18H15Br2N3O2S. The molecule has 4 aromatic rings. The molecule has 0 amide bonds. The normalized spacial score (nSPS) is 11.3. The zero-order valence-corrected chi connectivity index (χ0v) is 17.6. The predicted octanol–water partition coefficient (Wildman–Crippen LogP) is 5.77. The Bertz CT molecular complexity index is 1130. The molecule has 0 aliphatic carbocycles. The topological polar surface area (TPSA) is 70.1 Å². The number of benzene rings is 1. The van der Waals surface area contributed by atoms with Gasteiger partial charge < -0.3 is 20.0 Å². The van der Waals surface area contributed by atoms with Gasteiger partial charge >= 0.3 is 0 Å². The highest BCUT2D eigenvalue weighted by Crippen LogP contribution is 2.34. The van der Waals surface area contributed by atoms with Crippen LogP contribution in [0.3, 0.4) is 0 Å². The number of hydrogen-bond acceptors (Lipinski definition) is 5. The molecule has 0 aliphatic heterocycles. The Morgan fingerprint density at radius 3 is 2.88 bits per heavy atom. The van der Waals surface area contributed by atoms with Crippen LogP contribution in [0.25, 0.3) is 21.2 Å². The fraction of sp³-hybridized carbons (Fsp3) is 0.167. The van der Waals surface area contributed by atoms with Crippen LogP contribution in [0.15, 0.2) is 54.1 Å². The van der Waals surface area contributed by atoms with Crippen molar-refractivity contribution in [2.24, 2.45) is 0 Å². The van der Waals surface area contributed by atoms with E-state index in [0.29, 0.717) is 0 Å². The first-order valence-corrected chi connectivity index (χ1v) is 10.5. The monoisotopic (exact) mass is 495 g/mol.